The van der Waals surface area contributed by atoms with Crippen molar-refractivity contribution in [1.29, 1.82) is 0 Å². The summed E-state index contributed by atoms with van der Waals surface area (Å²) in [7, 11) is 2.00. The number of hydrogen-bond donors (Lipinski definition) is 1. The summed E-state index contributed by atoms with van der Waals surface area (Å²) >= 11 is 0. The molecule has 1 fully saturated rings. The molecule has 0 aromatic rings. The highest BCUT2D eigenvalue weighted by atomic mass is 35.5. The van der Waals surface area contributed by atoms with Crippen LogP contribution in [0.25, 0.3) is 0 Å². The Morgan fingerprint density at radius 1 is 1.44 bits per heavy atom. The van der Waals surface area contributed by atoms with Crippen LogP contribution < -0.4 is 5.32 Å². The molecule has 1 unspecified atom stereocenters. The molecule has 96 valence electrons. The third kappa shape index (κ3) is 4.30. The van der Waals surface area contributed by atoms with Gasteiger partial charge in [-0.2, -0.15) is 0 Å². The Bertz CT molecular complexity index is 203. The van der Waals surface area contributed by atoms with Gasteiger partial charge < -0.3 is 10.2 Å². The van der Waals surface area contributed by atoms with E-state index >= 15 is 0 Å². The van der Waals surface area contributed by atoms with Gasteiger partial charge in [0.05, 0.1) is 0 Å². The van der Waals surface area contributed by atoms with E-state index in [2.05, 4.69) is 19.2 Å². The van der Waals surface area contributed by atoms with Crippen molar-refractivity contribution in [2.75, 3.05) is 20.1 Å². The topological polar surface area (TPSA) is 32.3 Å². The summed E-state index contributed by atoms with van der Waals surface area (Å²) in [5, 5.41) is 3.28. The number of carbonyl (C=O) groups excluding carboxylic acids is 1. The van der Waals surface area contributed by atoms with E-state index < -0.39 is 0 Å². The summed E-state index contributed by atoms with van der Waals surface area (Å²) in [4.78, 5) is 14.0. The van der Waals surface area contributed by atoms with E-state index in [1.807, 2.05) is 11.9 Å². The molecule has 1 rings (SSSR count). The lowest BCUT2D eigenvalue weighted by Gasteiger charge is -2.33. The van der Waals surface area contributed by atoms with Gasteiger partial charge in [0.25, 0.3) is 0 Å². The van der Waals surface area contributed by atoms with Gasteiger partial charge in [-0.15, -0.1) is 12.4 Å². The van der Waals surface area contributed by atoms with Gasteiger partial charge in [0, 0.05) is 25.0 Å². The minimum atomic E-state index is 0. The number of carbonyl (C=O) groups is 1. The second kappa shape index (κ2) is 7.91. The molecule has 1 heterocycles. The summed E-state index contributed by atoms with van der Waals surface area (Å²) in [5.74, 6) is 0.563. The normalized spacial score (nSPS) is 19.1. The highest BCUT2D eigenvalue weighted by Crippen LogP contribution is 2.15. The smallest absolute Gasteiger partial charge is 0.225 e. The number of nitrogens with one attached hydrogen (secondary N) is 1. The van der Waals surface area contributed by atoms with Crippen molar-refractivity contribution in [1.82, 2.24) is 10.2 Å². The van der Waals surface area contributed by atoms with E-state index in [9.17, 15) is 4.79 Å². The van der Waals surface area contributed by atoms with Crippen molar-refractivity contribution < 1.29 is 4.79 Å². The van der Waals surface area contributed by atoms with Crippen molar-refractivity contribution in [3.05, 3.63) is 0 Å². The molecule has 1 amide bonds. The predicted octanol–water partition coefficient (Wildman–Crippen LogP) is 2.05. The van der Waals surface area contributed by atoms with Gasteiger partial charge in [0.1, 0.15) is 0 Å². The zero-order chi connectivity index (χ0) is 11.3. The molecule has 1 saturated heterocycles. The van der Waals surface area contributed by atoms with E-state index in [-0.39, 0.29) is 18.3 Å². The van der Waals surface area contributed by atoms with Crippen LogP contribution in [0.5, 0.6) is 0 Å². The van der Waals surface area contributed by atoms with Crippen molar-refractivity contribution in [3.63, 3.8) is 0 Å². The maximum absolute atomic E-state index is 12.0. The van der Waals surface area contributed by atoms with Crippen molar-refractivity contribution in [2.45, 2.75) is 45.6 Å². The number of rotatable bonds is 4. The maximum Gasteiger partial charge on any atom is 0.225 e. The Hall–Kier alpha value is -0.280. The minimum absolute atomic E-state index is 0. The Kier molecular flexibility index (Phi) is 7.77. The number of likely N-dealkylation sites (tertiary alicyclic amines) is 1. The summed E-state index contributed by atoms with van der Waals surface area (Å²) in [6, 6.07) is 0.607. The number of amides is 1. The fourth-order valence-electron chi connectivity index (χ4n) is 2.26. The van der Waals surface area contributed by atoms with Crippen LogP contribution in [0.3, 0.4) is 0 Å². The van der Waals surface area contributed by atoms with E-state index in [4.69, 9.17) is 0 Å². The average Bonchev–Trinajstić information content (AvgIpc) is 2.28. The molecule has 1 aliphatic rings. The van der Waals surface area contributed by atoms with Crippen LogP contribution in [-0.4, -0.2) is 37.0 Å². The number of piperidine rings is 1. The fraction of sp³-hybridized carbons (Fsp3) is 0.917. The molecule has 3 nitrogen and oxygen atoms in total. The first-order valence-electron chi connectivity index (χ1n) is 6.15. The first-order valence-corrected chi connectivity index (χ1v) is 6.15. The van der Waals surface area contributed by atoms with Gasteiger partial charge in [-0.25, -0.2) is 0 Å². The van der Waals surface area contributed by atoms with Gasteiger partial charge in [-0.1, -0.05) is 20.3 Å². The van der Waals surface area contributed by atoms with Crippen LogP contribution >= 0.6 is 12.4 Å². The SMILES string of the molecule is CCCC(C)C(=O)N1CCC(NC)CC1.Cl. The predicted molar refractivity (Wildman–Crippen MR) is 70.0 cm³/mol. The average molecular weight is 249 g/mol. The molecule has 4 heteroatoms. The molecular formula is C12H25ClN2O. The number of halogens is 1. The Labute approximate surface area is 105 Å². The van der Waals surface area contributed by atoms with Crippen LogP contribution in [0.15, 0.2) is 0 Å². The maximum atomic E-state index is 12.0. The van der Waals surface area contributed by atoms with Crippen molar-refractivity contribution in [3.8, 4) is 0 Å². The molecule has 0 bridgehead atoms. The van der Waals surface area contributed by atoms with Crippen LogP contribution in [0, 0.1) is 5.92 Å². The van der Waals surface area contributed by atoms with Crippen LogP contribution in [0.2, 0.25) is 0 Å². The van der Waals surface area contributed by atoms with Gasteiger partial charge in [-0.05, 0) is 26.3 Å². The molecular weight excluding hydrogens is 224 g/mol. The molecule has 0 aromatic heterocycles. The van der Waals surface area contributed by atoms with E-state index in [0.29, 0.717) is 11.9 Å². The Balaban J connectivity index is 0.00000225. The molecule has 16 heavy (non-hydrogen) atoms. The van der Waals surface area contributed by atoms with Crippen LogP contribution in [0.4, 0.5) is 0 Å². The van der Waals surface area contributed by atoms with Crippen molar-refractivity contribution >= 4 is 18.3 Å². The minimum Gasteiger partial charge on any atom is -0.342 e. The first-order chi connectivity index (χ1) is 7.19. The van der Waals surface area contributed by atoms with E-state index in [1.54, 1.807) is 0 Å². The van der Waals surface area contributed by atoms with Crippen molar-refractivity contribution in [2.24, 2.45) is 5.92 Å². The van der Waals surface area contributed by atoms with Crippen LogP contribution in [-0.2, 0) is 4.79 Å². The number of nitrogens with zero attached hydrogens (tertiary/aromatic N) is 1. The molecule has 1 N–H and O–H groups in total. The van der Waals surface area contributed by atoms with Gasteiger partial charge in [0.15, 0.2) is 0 Å². The molecule has 0 aromatic carbocycles. The lowest BCUT2D eigenvalue weighted by Crippen LogP contribution is -2.45. The summed E-state index contributed by atoms with van der Waals surface area (Å²) in [6.07, 6.45) is 4.31. The summed E-state index contributed by atoms with van der Waals surface area (Å²) in [6.45, 7) is 6.05. The highest BCUT2D eigenvalue weighted by Gasteiger charge is 2.24. The quantitative estimate of drug-likeness (QED) is 0.826. The van der Waals surface area contributed by atoms with Crippen LogP contribution in [0.1, 0.15) is 39.5 Å². The Morgan fingerprint density at radius 2 is 2.00 bits per heavy atom. The molecule has 1 aliphatic heterocycles. The van der Waals surface area contributed by atoms with E-state index in [1.165, 1.54) is 0 Å². The summed E-state index contributed by atoms with van der Waals surface area (Å²) in [5.41, 5.74) is 0. The highest BCUT2D eigenvalue weighted by molar-refractivity contribution is 5.85. The lowest BCUT2D eigenvalue weighted by atomic mass is 10.0. The van der Waals surface area contributed by atoms with E-state index in [0.717, 1.165) is 38.8 Å². The zero-order valence-corrected chi connectivity index (χ0v) is 11.5. The molecule has 0 saturated carbocycles. The van der Waals surface area contributed by atoms with Gasteiger partial charge in [-0.3, -0.25) is 4.79 Å². The molecule has 1 atom stereocenters. The lowest BCUT2D eigenvalue weighted by molar-refractivity contribution is -0.136. The van der Waals surface area contributed by atoms with Gasteiger partial charge in [0.2, 0.25) is 5.91 Å². The third-order valence-corrected chi connectivity index (χ3v) is 3.36. The van der Waals surface area contributed by atoms with Gasteiger partial charge >= 0.3 is 0 Å². The Morgan fingerprint density at radius 3 is 2.44 bits per heavy atom. The third-order valence-electron chi connectivity index (χ3n) is 3.36. The second-order valence-electron chi connectivity index (χ2n) is 4.58. The second-order valence-corrected chi connectivity index (χ2v) is 4.58. The standard InChI is InChI=1S/C12H24N2O.ClH/c1-4-5-10(2)12(15)14-8-6-11(13-3)7-9-14;/h10-11,13H,4-9H2,1-3H3;1H. The molecule has 0 spiro atoms. The first kappa shape index (κ1) is 15.7. The monoisotopic (exact) mass is 248 g/mol. The fourth-order valence-corrected chi connectivity index (χ4v) is 2.26. The number of hydrogen-bond acceptors (Lipinski definition) is 2. The molecule has 0 aliphatic carbocycles. The largest absolute Gasteiger partial charge is 0.342 e. The summed E-state index contributed by atoms with van der Waals surface area (Å²) < 4.78 is 0. The molecule has 0 radical (unpaired) electrons. The zero-order valence-electron chi connectivity index (χ0n) is 10.7.